The maximum atomic E-state index is 11.4. The lowest BCUT2D eigenvalue weighted by atomic mass is 10.1. The molecular weight excluding hydrogens is 178 g/mol. The van der Waals surface area contributed by atoms with Crippen LogP contribution in [0.25, 0.3) is 0 Å². The van der Waals surface area contributed by atoms with Gasteiger partial charge in [0.05, 0.1) is 11.4 Å². The summed E-state index contributed by atoms with van der Waals surface area (Å²) in [4.78, 5) is 11.4. The van der Waals surface area contributed by atoms with Crippen LogP contribution in [0.3, 0.4) is 0 Å². The molecule has 0 unspecified atom stereocenters. The molecule has 0 spiro atoms. The van der Waals surface area contributed by atoms with Gasteiger partial charge in [0.25, 0.3) is 0 Å². The highest BCUT2D eigenvalue weighted by Crippen LogP contribution is 2.19. The van der Waals surface area contributed by atoms with Gasteiger partial charge >= 0.3 is 6.03 Å². The molecule has 2 rings (SSSR count). The van der Waals surface area contributed by atoms with Gasteiger partial charge in [0.2, 0.25) is 0 Å². The van der Waals surface area contributed by atoms with Crippen LogP contribution in [0.1, 0.15) is 12.5 Å². The molecule has 0 aliphatic carbocycles. The maximum Gasteiger partial charge on any atom is 0.342 e. The van der Waals surface area contributed by atoms with Crippen molar-refractivity contribution in [3.63, 3.8) is 0 Å². The highest BCUT2D eigenvalue weighted by Gasteiger charge is 2.16. The number of carbonyl (C=O) groups is 1. The number of hydrogen-bond donors (Lipinski definition) is 1. The molecule has 0 atom stereocenters. The monoisotopic (exact) mass is 189 g/mol. The molecule has 1 heterocycles. The third kappa shape index (κ3) is 1.35. The summed E-state index contributed by atoms with van der Waals surface area (Å²) in [6.45, 7) is 1.88. The molecule has 4 heteroatoms. The van der Waals surface area contributed by atoms with Crippen molar-refractivity contribution in [2.24, 2.45) is 5.10 Å². The first-order valence-corrected chi connectivity index (χ1v) is 4.38. The number of para-hydroxylation sites is 1. The fraction of sp³-hybridized carbons (Fsp3) is 0.200. The van der Waals surface area contributed by atoms with E-state index in [-0.39, 0.29) is 6.03 Å². The fourth-order valence-electron chi connectivity index (χ4n) is 1.43. The summed E-state index contributed by atoms with van der Waals surface area (Å²) >= 11 is 0. The van der Waals surface area contributed by atoms with Crippen molar-refractivity contribution in [1.82, 2.24) is 5.01 Å². The van der Waals surface area contributed by atoms with Crippen LogP contribution in [-0.4, -0.2) is 23.8 Å². The number of amides is 2. The number of anilines is 1. The molecule has 72 valence electrons. The molecule has 0 bridgehead atoms. The number of benzene rings is 1. The predicted molar refractivity (Wildman–Crippen MR) is 55.4 cm³/mol. The first kappa shape index (κ1) is 8.74. The second-order valence-corrected chi connectivity index (χ2v) is 3.18. The van der Waals surface area contributed by atoms with E-state index in [1.54, 1.807) is 7.05 Å². The van der Waals surface area contributed by atoms with E-state index in [0.29, 0.717) is 0 Å². The summed E-state index contributed by atoms with van der Waals surface area (Å²) in [5.41, 5.74) is 2.61. The molecule has 0 saturated carbocycles. The number of nitrogens with zero attached hydrogens (tertiary/aromatic N) is 2. The molecule has 0 fully saturated rings. The molecular formula is C10H11N3O. The Hall–Kier alpha value is -1.84. The minimum absolute atomic E-state index is 0.214. The minimum atomic E-state index is -0.214. The Morgan fingerprint density at radius 3 is 2.86 bits per heavy atom. The van der Waals surface area contributed by atoms with Crippen LogP contribution in [0.4, 0.5) is 10.5 Å². The summed E-state index contributed by atoms with van der Waals surface area (Å²) in [6, 6.07) is 7.40. The summed E-state index contributed by atoms with van der Waals surface area (Å²) in [6.07, 6.45) is 0. The zero-order valence-corrected chi connectivity index (χ0v) is 8.11. The van der Waals surface area contributed by atoms with Gasteiger partial charge in [0, 0.05) is 12.6 Å². The number of nitrogens with one attached hydrogen (secondary N) is 1. The van der Waals surface area contributed by atoms with Crippen molar-refractivity contribution < 1.29 is 4.79 Å². The van der Waals surface area contributed by atoms with Crippen LogP contribution in [-0.2, 0) is 0 Å². The zero-order chi connectivity index (χ0) is 10.1. The molecule has 0 aromatic heterocycles. The van der Waals surface area contributed by atoms with Crippen molar-refractivity contribution in [3.8, 4) is 0 Å². The lowest BCUT2D eigenvalue weighted by molar-refractivity contribution is 0.224. The summed E-state index contributed by atoms with van der Waals surface area (Å²) in [7, 11) is 1.63. The standard InChI is InChI=1S/C10H11N3O/c1-7-8-5-3-4-6-9(8)11-10(14)13(2)12-7/h3-6H,1-2H3,(H,11,14). The predicted octanol–water partition coefficient (Wildman–Crippen LogP) is 1.89. The minimum Gasteiger partial charge on any atom is -0.306 e. The molecule has 1 aliphatic rings. The molecule has 4 nitrogen and oxygen atoms in total. The van der Waals surface area contributed by atoms with Gasteiger partial charge in [-0.15, -0.1) is 0 Å². The average molecular weight is 189 g/mol. The Bertz CT molecular complexity index is 412. The Morgan fingerprint density at radius 1 is 1.36 bits per heavy atom. The molecule has 1 aromatic rings. The summed E-state index contributed by atoms with van der Waals surface area (Å²) < 4.78 is 0. The van der Waals surface area contributed by atoms with Gasteiger partial charge in [-0.05, 0) is 13.0 Å². The van der Waals surface area contributed by atoms with E-state index >= 15 is 0 Å². The summed E-state index contributed by atoms with van der Waals surface area (Å²) in [5.74, 6) is 0. The van der Waals surface area contributed by atoms with E-state index in [0.717, 1.165) is 17.0 Å². The van der Waals surface area contributed by atoms with Crippen LogP contribution < -0.4 is 5.32 Å². The molecule has 1 aliphatic heterocycles. The maximum absolute atomic E-state index is 11.4. The number of hydrazone groups is 1. The number of urea groups is 1. The molecule has 2 amide bonds. The SMILES string of the molecule is CC1=NN(C)C(=O)Nc2ccccc21. The topological polar surface area (TPSA) is 44.7 Å². The normalized spacial score (nSPS) is 15.4. The number of fused-ring (bicyclic) bond motifs is 1. The van der Waals surface area contributed by atoms with E-state index in [1.807, 2.05) is 31.2 Å². The van der Waals surface area contributed by atoms with E-state index in [1.165, 1.54) is 5.01 Å². The van der Waals surface area contributed by atoms with Crippen LogP contribution in [0, 0.1) is 0 Å². The Balaban J connectivity index is 2.55. The van der Waals surface area contributed by atoms with Gasteiger partial charge in [0.1, 0.15) is 0 Å². The van der Waals surface area contributed by atoms with Crippen molar-refractivity contribution >= 4 is 17.4 Å². The van der Waals surface area contributed by atoms with Crippen LogP contribution in [0.5, 0.6) is 0 Å². The third-order valence-corrected chi connectivity index (χ3v) is 2.15. The highest BCUT2D eigenvalue weighted by molar-refractivity contribution is 6.08. The van der Waals surface area contributed by atoms with Crippen LogP contribution in [0.2, 0.25) is 0 Å². The quantitative estimate of drug-likeness (QED) is 0.665. The molecule has 14 heavy (non-hydrogen) atoms. The van der Waals surface area contributed by atoms with E-state index in [4.69, 9.17) is 0 Å². The molecule has 1 N–H and O–H groups in total. The first-order chi connectivity index (χ1) is 6.68. The second-order valence-electron chi connectivity index (χ2n) is 3.18. The van der Waals surface area contributed by atoms with Crippen LogP contribution >= 0.6 is 0 Å². The average Bonchev–Trinajstić information content (AvgIpc) is 2.27. The molecule has 1 aromatic carbocycles. The fourth-order valence-corrected chi connectivity index (χ4v) is 1.43. The smallest absolute Gasteiger partial charge is 0.306 e. The van der Waals surface area contributed by atoms with E-state index in [2.05, 4.69) is 10.4 Å². The van der Waals surface area contributed by atoms with Gasteiger partial charge < -0.3 is 5.32 Å². The first-order valence-electron chi connectivity index (χ1n) is 4.38. The van der Waals surface area contributed by atoms with Crippen molar-refractivity contribution in [2.75, 3.05) is 12.4 Å². The second kappa shape index (κ2) is 3.14. The van der Waals surface area contributed by atoms with Crippen molar-refractivity contribution in [1.29, 1.82) is 0 Å². The van der Waals surface area contributed by atoms with Crippen LogP contribution in [0.15, 0.2) is 29.4 Å². The van der Waals surface area contributed by atoms with Gasteiger partial charge in [-0.1, -0.05) is 18.2 Å². The van der Waals surface area contributed by atoms with Crippen molar-refractivity contribution in [3.05, 3.63) is 29.8 Å². The Kier molecular flexibility index (Phi) is 1.96. The lowest BCUT2D eigenvalue weighted by Gasteiger charge is -2.08. The van der Waals surface area contributed by atoms with Gasteiger partial charge in [-0.3, -0.25) is 0 Å². The number of rotatable bonds is 0. The molecule has 0 radical (unpaired) electrons. The van der Waals surface area contributed by atoms with Crippen molar-refractivity contribution in [2.45, 2.75) is 6.92 Å². The van der Waals surface area contributed by atoms with Gasteiger partial charge in [-0.2, -0.15) is 5.10 Å². The Morgan fingerprint density at radius 2 is 2.07 bits per heavy atom. The number of carbonyl (C=O) groups excluding carboxylic acids is 1. The zero-order valence-electron chi connectivity index (χ0n) is 8.11. The van der Waals surface area contributed by atoms with E-state index < -0.39 is 0 Å². The molecule has 0 saturated heterocycles. The Labute approximate surface area is 82.2 Å². The lowest BCUT2D eigenvalue weighted by Crippen LogP contribution is -2.25. The van der Waals surface area contributed by atoms with Gasteiger partial charge in [-0.25, -0.2) is 9.80 Å². The van der Waals surface area contributed by atoms with E-state index in [9.17, 15) is 4.79 Å². The largest absolute Gasteiger partial charge is 0.342 e. The van der Waals surface area contributed by atoms with Gasteiger partial charge in [0.15, 0.2) is 0 Å². The number of hydrogen-bond acceptors (Lipinski definition) is 2. The third-order valence-electron chi connectivity index (χ3n) is 2.15. The highest BCUT2D eigenvalue weighted by atomic mass is 16.2. The summed E-state index contributed by atoms with van der Waals surface area (Å²) in [5, 5.41) is 8.21.